The van der Waals surface area contributed by atoms with Crippen LogP contribution in [0.15, 0.2) is 48.5 Å². The molecule has 0 aliphatic rings. The summed E-state index contributed by atoms with van der Waals surface area (Å²) in [5.74, 6) is 0.777. The van der Waals surface area contributed by atoms with Gasteiger partial charge in [0.2, 0.25) is 0 Å². The standard InChI is InChI=1S/C19H22N2O5/c1-3-25-18(22)15-10-8-14(9-11-15)12-20-19(23)21-13-26-17-7-5-4-6-16(17)24-2/h4-11H,3,12-13H2,1-2H3,(H2,20,21,23). The minimum atomic E-state index is -0.366. The van der Waals surface area contributed by atoms with E-state index in [4.69, 9.17) is 14.2 Å². The van der Waals surface area contributed by atoms with Crippen molar-refractivity contribution in [3.05, 3.63) is 59.7 Å². The molecule has 138 valence electrons. The molecule has 0 aromatic heterocycles. The zero-order valence-electron chi connectivity index (χ0n) is 14.8. The maximum Gasteiger partial charge on any atom is 0.338 e. The Hall–Kier alpha value is -3.22. The smallest absolute Gasteiger partial charge is 0.338 e. The Morgan fingerprint density at radius 3 is 2.31 bits per heavy atom. The summed E-state index contributed by atoms with van der Waals surface area (Å²) in [4.78, 5) is 23.4. The number of rotatable bonds is 8. The van der Waals surface area contributed by atoms with E-state index in [0.717, 1.165) is 5.56 Å². The van der Waals surface area contributed by atoms with Crippen LogP contribution < -0.4 is 20.1 Å². The maximum atomic E-state index is 11.8. The number of nitrogens with one attached hydrogen (secondary N) is 2. The minimum absolute atomic E-state index is 0.00794. The lowest BCUT2D eigenvalue weighted by Crippen LogP contribution is -2.37. The molecule has 0 heterocycles. The van der Waals surface area contributed by atoms with Crippen molar-refractivity contribution in [3.8, 4) is 11.5 Å². The van der Waals surface area contributed by atoms with Crippen LogP contribution in [0.3, 0.4) is 0 Å². The molecule has 2 rings (SSSR count). The van der Waals surface area contributed by atoms with Crippen molar-refractivity contribution >= 4 is 12.0 Å². The van der Waals surface area contributed by atoms with Gasteiger partial charge in [-0.25, -0.2) is 9.59 Å². The van der Waals surface area contributed by atoms with Gasteiger partial charge in [0.05, 0.1) is 19.3 Å². The molecule has 0 aliphatic heterocycles. The summed E-state index contributed by atoms with van der Waals surface area (Å²) in [6.45, 7) is 2.42. The predicted molar refractivity (Wildman–Crippen MR) is 96.3 cm³/mol. The number of esters is 1. The van der Waals surface area contributed by atoms with Crippen molar-refractivity contribution in [2.75, 3.05) is 20.4 Å². The molecule has 2 amide bonds. The minimum Gasteiger partial charge on any atom is -0.493 e. The summed E-state index contributed by atoms with van der Waals surface area (Å²) < 4.78 is 15.6. The number of carbonyl (C=O) groups is 2. The molecule has 7 heteroatoms. The van der Waals surface area contributed by atoms with Gasteiger partial charge in [-0.05, 0) is 36.8 Å². The van der Waals surface area contributed by atoms with Crippen LogP contribution in [-0.4, -0.2) is 32.4 Å². The van der Waals surface area contributed by atoms with E-state index in [1.54, 1.807) is 50.4 Å². The summed E-state index contributed by atoms with van der Waals surface area (Å²) in [5, 5.41) is 5.31. The summed E-state index contributed by atoms with van der Waals surface area (Å²) in [6.07, 6.45) is 0. The first-order chi connectivity index (χ1) is 12.6. The number of urea groups is 1. The SMILES string of the molecule is CCOC(=O)c1ccc(CNC(=O)NCOc2ccccc2OC)cc1. The number of para-hydroxylation sites is 2. The van der Waals surface area contributed by atoms with E-state index in [0.29, 0.717) is 30.2 Å². The topological polar surface area (TPSA) is 85.9 Å². The second-order valence-corrected chi connectivity index (χ2v) is 5.22. The van der Waals surface area contributed by atoms with Gasteiger partial charge in [-0.1, -0.05) is 24.3 Å². The molecule has 0 bridgehead atoms. The Labute approximate surface area is 152 Å². The maximum absolute atomic E-state index is 11.8. The van der Waals surface area contributed by atoms with Gasteiger partial charge in [-0.3, -0.25) is 0 Å². The van der Waals surface area contributed by atoms with Crippen LogP contribution in [-0.2, 0) is 11.3 Å². The van der Waals surface area contributed by atoms with Gasteiger partial charge in [0.15, 0.2) is 18.2 Å². The lowest BCUT2D eigenvalue weighted by molar-refractivity contribution is 0.0526. The van der Waals surface area contributed by atoms with Gasteiger partial charge in [0.1, 0.15) is 0 Å². The third-order valence-corrected chi connectivity index (χ3v) is 3.45. The first kappa shape index (κ1) is 19.1. The van der Waals surface area contributed by atoms with Crippen molar-refractivity contribution in [2.45, 2.75) is 13.5 Å². The van der Waals surface area contributed by atoms with Crippen molar-refractivity contribution < 1.29 is 23.8 Å². The van der Waals surface area contributed by atoms with Crippen LogP contribution in [0.5, 0.6) is 11.5 Å². The Balaban J connectivity index is 1.74. The molecular formula is C19H22N2O5. The third kappa shape index (κ3) is 5.70. The van der Waals surface area contributed by atoms with E-state index in [1.807, 2.05) is 12.1 Å². The molecule has 2 aromatic carbocycles. The van der Waals surface area contributed by atoms with Gasteiger partial charge < -0.3 is 24.8 Å². The highest BCUT2D eigenvalue weighted by Crippen LogP contribution is 2.25. The molecule has 0 saturated heterocycles. The Kier molecular flexibility index (Phi) is 7.30. The van der Waals surface area contributed by atoms with Crippen LogP contribution >= 0.6 is 0 Å². The summed E-state index contributed by atoms with van der Waals surface area (Å²) in [7, 11) is 1.55. The Bertz CT molecular complexity index is 731. The fourth-order valence-electron chi connectivity index (χ4n) is 2.14. The largest absolute Gasteiger partial charge is 0.493 e. The Morgan fingerprint density at radius 1 is 0.962 bits per heavy atom. The molecule has 0 spiro atoms. The molecular weight excluding hydrogens is 336 g/mol. The lowest BCUT2D eigenvalue weighted by Gasteiger charge is -2.12. The molecule has 0 radical (unpaired) electrons. The molecule has 0 atom stereocenters. The van der Waals surface area contributed by atoms with E-state index >= 15 is 0 Å². The molecule has 2 N–H and O–H groups in total. The highest BCUT2D eigenvalue weighted by Gasteiger charge is 2.07. The van der Waals surface area contributed by atoms with E-state index in [9.17, 15) is 9.59 Å². The van der Waals surface area contributed by atoms with Crippen molar-refractivity contribution in [1.82, 2.24) is 10.6 Å². The fraction of sp³-hybridized carbons (Fsp3) is 0.263. The van der Waals surface area contributed by atoms with Crippen LogP contribution in [0, 0.1) is 0 Å². The lowest BCUT2D eigenvalue weighted by atomic mass is 10.1. The van der Waals surface area contributed by atoms with E-state index < -0.39 is 0 Å². The van der Waals surface area contributed by atoms with Gasteiger partial charge in [-0.15, -0.1) is 0 Å². The number of amides is 2. The summed E-state index contributed by atoms with van der Waals surface area (Å²) in [5.41, 5.74) is 1.34. The first-order valence-electron chi connectivity index (χ1n) is 8.17. The molecule has 0 aliphatic carbocycles. The van der Waals surface area contributed by atoms with Gasteiger partial charge >= 0.3 is 12.0 Å². The number of benzene rings is 2. The van der Waals surface area contributed by atoms with Crippen molar-refractivity contribution in [2.24, 2.45) is 0 Å². The predicted octanol–water partition coefficient (Wildman–Crippen LogP) is 2.71. The Morgan fingerprint density at radius 2 is 1.65 bits per heavy atom. The van der Waals surface area contributed by atoms with Crippen LogP contribution in [0.25, 0.3) is 0 Å². The van der Waals surface area contributed by atoms with Gasteiger partial charge in [0.25, 0.3) is 0 Å². The zero-order chi connectivity index (χ0) is 18.8. The van der Waals surface area contributed by atoms with E-state index in [1.165, 1.54) is 0 Å². The fourth-order valence-corrected chi connectivity index (χ4v) is 2.14. The van der Waals surface area contributed by atoms with Crippen molar-refractivity contribution in [1.29, 1.82) is 0 Å². The monoisotopic (exact) mass is 358 g/mol. The van der Waals surface area contributed by atoms with Crippen LogP contribution in [0.1, 0.15) is 22.8 Å². The number of methoxy groups -OCH3 is 1. The molecule has 7 nitrogen and oxygen atoms in total. The molecule has 0 saturated carbocycles. The normalized spacial score (nSPS) is 9.92. The van der Waals surface area contributed by atoms with E-state index in [-0.39, 0.29) is 18.7 Å². The second kappa shape index (κ2) is 9.93. The van der Waals surface area contributed by atoms with Gasteiger partial charge in [0, 0.05) is 6.54 Å². The average molecular weight is 358 g/mol. The second-order valence-electron chi connectivity index (χ2n) is 5.22. The summed E-state index contributed by atoms with van der Waals surface area (Å²) in [6, 6.07) is 13.7. The number of ether oxygens (including phenoxy) is 3. The summed E-state index contributed by atoms with van der Waals surface area (Å²) >= 11 is 0. The number of hydrogen-bond acceptors (Lipinski definition) is 5. The van der Waals surface area contributed by atoms with Crippen molar-refractivity contribution in [3.63, 3.8) is 0 Å². The third-order valence-electron chi connectivity index (χ3n) is 3.45. The van der Waals surface area contributed by atoms with Crippen LogP contribution in [0.2, 0.25) is 0 Å². The molecule has 26 heavy (non-hydrogen) atoms. The molecule has 2 aromatic rings. The highest BCUT2D eigenvalue weighted by atomic mass is 16.5. The van der Waals surface area contributed by atoms with E-state index in [2.05, 4.69) is 10.6 Å². The highest BCUT2D eigenvalue weighted by molar-refractivity contribution is 5.89. The first-order valence-corrected chi connectivity index (χ1v) is 8.17. The van der Waals surface area contributed by atoms with Gasteiger partial charge in [-0.2, -0.15) is 0 Å². The number of hydrogen-bond donors (Lipinski definition) is 2. The molecule has 0 unspecified atom stereocenters. The average Bonchev–Trinajstić information content (AvgIpc) is 2.67. The molecule has 0 fully saturated rings. The van der Waals surface area contributed by atoms with Crippen LogP contribution in [0.4, 0.5) is 4.79 Å². The number of carbonyl (C=O) groups excluding carboxylic acids is 2. The quantitative estimate of drug-likeness (QED) is 0.560. The zero-order valence-corrected chi connectivity index (χ0v) is 14.8.